The molecule has 0 aliphatic rings. The average Bonchev–Trinajstić information content (AvgIpc) is 3.19. The van der Waals surface area contributed by atoms with Crippen LogP contribution in [0.4, 0.5) is 13.2 Å². The molecule has 0 fully saturated rings. The Bertz CT molecular complexity index is 1720. The molecule has 0 bridgehead atoms. The number of halogens is 3. The van der Waals surface area contributed by atoms with Crippen molar-refractivity contribution in [2.75, 3.05) is 25.7 Å². The predicted octanol–water partition coefficient (Wildman–Crippen LogP) is 4.65. The van der Waals surface area contributed by atoms with Crippen LogP contribution in [0.3, 0.4) is 0 Å². The lowest BCUT2D eigenvalue weighted by Gasteiger charge is -2.19. The monoisotopic (exact) mass is 578 g/mol. The average molecular weight is 579 g/mol. The van der Waals surface area contributed by atoms with Gasteiger partial charge in [-0.25, -0.2) is 36.4 Å². The van der Waals surface area contributed by atoms with E-state index in [4.69, 9.17) is 9.47 Å². The quantitative estimate of drug-likeness (QED) is 0.270. The summed E-state index contributed by atoms with van der Waals surface area (Å²) in [6, 6.07) is 8.83. The Labute approximate surface area is 229 Å². The van der Waals surface area contributed by atoms with Gasteiger partial charge in [-0.2, -0.15) is 0 Å². The molecular weight excluding hydrogens is 549 g/mol. The number of aryl methyl sites for hydroxylation is 2. The number of benzene rings is 1. The number of nitrogens with zero attached hydrogens (tertiary/aromatic N) is 4. The Kier molecular flexibility index (Phi) is 8.24. The molecule has 4 aromatic rings. The second kappa shape index (κ2) is 11.3. The lowest BCUT2D eigenvalue weighted by Crippen LogP contribution is -2.34. The van der Waals surface area contributed by atoms with E-state index < -0.39 is 40.0 Å². The first-order valence-corrected chi connectivity index (χ1v) is 14.4. The van der Waals surface area contributed by atoms with E-state index in [1.165, 1.54) is 25.4 Å². The highest BCUT2D eigenvalue weighted by Gasteiger charge is 2.34. The van der Waals surface area contributed by atoms with Gasteiger partial charge in [0.05, 0.1) is 36.7 Å². The zero-order valence-electron chi connectivity index (χ0n) is 22.6. The molecule has 0 amide bonds. The molecule has 0 saturated carbocycles. The van der Waals surface area contributed by atoms with E-state index in [0.29, 0.717) is 15.7 Å². The molecule has 3 heterocycles. The normalized spacial score (nSPS) is 13.5. The van der Waals surface area contributed by atoms with Crippen LogP contribution in [0.2, 0.25) is 0 Å². The van der Waals surface area contributed by atoms with Gasteiger partial charge in [0.25, 0.3) is 12.3 Å². The second-order valence-corrected chi connectivity index (χ2v) is 11.5. The summed E-state index contributed by atoms with van der Waals surface area (Å²) in [6.07, 6.45) is -4.12. The minimum absolute atomic E-state index is 0.0414. The largest absolute Gasteiger partial charge is 0.491 e. The summed E-state index contributed by atoms with van der Waals surface area (Å²) in [7, 11) is -2.39. The van der Waals surface area contributed by atoms with Crippen LogP contribution in [0.5, 0.6) is 11.6 Å². The smallest absolute Gasteiger partial charge is 0.333 e. The Hall–Kier alpha value is -3.87. The summed E-state index contributed by atoms with van der Waals surface area (Å²) in [6.45, 7) is 5.35. The summed E-state index contributed by atoms with van der Waals surface area (Å²) >= 11 is 0. The van der Waals surface area contributed by atoms with Crippen molar-refractivity contribution in [1.29, 1.82) is 0 Å². The number of hydrogen-bond donors (Lipinski definition) is 0. The van der Waals surface area contributed by atoms with Crippen molar-refractivity contribution in [3.05, 3.63) is 69.9 Å². The number of rotatable bonds is 10. The molecule has 0 saturated heterocycles. The zero-order chi connectivity index (χ0) is 29.4. The van der Waals surface area contributed by atoms with E-state index in [1.54, 1.807) is 26.0 Å². The van der Waals surface area contributed by atoms with Gasteiger partial charge in [0.2, 0.25) is 6.30 Å². The van der Waals surface area contributed by atoms with Crippen molar-refractivity contribution >= 4 is 21.0 Å². The number of fused-ring (bicyclic) bond motifs is 1. The maximum Gasteiger partial charge on any atom is 0.333 e. The van der Waals surface area contributed by atoms with E-state index >= 15 is 4.39 Å². The summed E-state index contributed by atoms with van der Waals surface area (Å²) in [5.41, 5.74) is 0.956. The third-order valence-corrected chi connectivity index (χ3v) is 7.44. The number of methoxy groups -OCH3 is 1. The van der Waals surface area contributed by atoms with Gasteiger partial charge in [-0.15, -0.1) is 0 Å². The Morgan fingerprint density at radius 1 is 1.02 bits per heavy atom. The van der Waals surface area contributed by atoms with Crippen LogP contribution in [0, 0.1) is 13.8 Å². The van der Waals surface area contributed by atoms with Crippen LogP contribution in [-0.4, -0.2) is 59.7 Å². The van der Waals surface area contributed by atoms with E-state index in [0.717, 1.165) is 21.9 Å². The molecular formula is C27H29F3N4O5S. The number of ether oxygens (including phenoxy) is 2. The fourth-order valence-corrected chi connectivity index (χ4v) is 5.61. The Balaban J connectivity index is 2.09. The molecule has 3 aromatic heterocycles. The molecule has 2 atom stereocenters. The van der Waals surface area contributed by atoms with Gasteiger partial charge in [-0.05, 0) is 49.6 Å². The molecule has 1 aromatic carbocycles. The number of sulfone groups is 1. The van der Waals surface area contributed by atoms with Gasteiger partial charge >= 0.3 is 5.69 Å². The van der Waals surface area contributed by atoms with E-state index in [2.05, 4.69) is 9.97 Å². The van der Waals surface area contributed by atoms with Crippen molar-refractivity contribution in [2.24, 2.45) is 0 Å². The Morgan fingerprint density at radius 2 is 1.73 bits per heavy atom. The number of imidazole rings is 1. The fraction of sp³-hybridized carbons (Fsp3) is 0.370. The van der Waals surface area contributed by atoms with Gasteiger partial charge in [0.1, 0.15) is 9.84 Å². The highest BCUT2D eigenvalue weighted by molar-refractivity contribution is 7.90. The van der Waals surface area contributed by atoms with Crippen LogP contribution < -0.4 is 15.2 Å². The fourth-order valence-electron chi connectivity index (χ4n) is 4.72. The molecule has 2 unspecified atom stereocenters. The number of pyridine rings is 2. The number of hydrogen-bond acceptors (Lipinski definition) is 7. The lowest BCUT2D eigenvalue weighted by molar-refractivity contribution is 0.00801. The topological polar surface area (TPSA) is 105 Å². The van der Waals surface area contributed by atoms with Crippen molar-refractivity contribution in [1.82, 2.24) is 19.1 Å². The summed E-state index contributed by atoms with van der Waals surface area (Å²) in [5, 5.41) is 0. The minimum atomic E-state index is -3.79. The molecule has 0 spiro atoms. The molecule has 40 heavy (non-hydrogen) atoms. The SMILES string of the molecule is CCOc1nc(C(CS(C)(=O)=O)n2c(=O)n(C(F)C(F)F)c3c(C)c(-c4ccccc4C)cnc32)ccc1OC. The van der Waals surface area contributed by atoms with E-state index in [1.807, 2.05) is 19.1 Å². The van der Waals surface area contributed by atoms with Crippen molar-refractivity contribution < 1.29 is 31.1 Å². The molecule has 0 N–H and O–H groups in total. The lowest BCUT2D eigenvalue weighted by atomic mass is 9.98. The minimum Gasteiger partial charge on any atom is -0.491 e. The molecule has 0 radical (unpaired) electrons. The van der Waals surface area contributed by atoms with Crippen molar-refractivity contribution in [2.45, 2.75) is 39.5 Å². The second-order valence-electron chi connectivity index (χ2n) is 9.30. The molecule has 9 nitrogen and oxygen atoms in total. The Morgan fingerprint density at radius 3 is 2.33 bits per heavy atom. The maximum atomic E-state index is 15.1. The molecule has 0 aliphatic carbocycles. The van der Waals surface area contributed by atoms with Crippen LogP contribution in [0.15, 0.2) is 47.4 Å². The first-order chi connectivity index (χ1) is 18.9. The zero-order valence-corrected chi connectivity index (χ0v) is 23.4. The third-order valence-electron chi connectivity index (χ3n) is 6.52. The maximum absolute atomic E-state index is 15.1. The molecule has 4 rings (SSSR count). The molecule has 214 valence electrons. The summed E-state index contributed by atoms with van der Waals surface area (Å²) in [4.78, 5) is 22.6. The van der Waals surface area contributed by atoms with Crippen molar-refractivity contribution in [3.8, 4) is 22.8 Å². The highest BCUT2D eigenvalue weighted by Crippen LogP contribution is 2.35. The van der Waals surface area contributed by atoms with Gasteiger partial charge in [0.15, 0.2) is 11.4 Å². The van der Waals surface area contributed by atoms with Gasteiger partial charge in [-0.3, -0.25) is 9.13 Å². The van der Waals surface area contributed by atoms with Crippen LogP contribution in [0.1, 0.15) is 36.1 Å². The van der Waals surface area contributed by atoms with Gasteiger partial charge in [0, 0.05) is 18.0 Å². The number of alkyl halides is 3. The van der Waals surface area contributed by atoms with Crippen LogP contribution >= 0.6 is 0 Å². The predicted molar refractivity (Wildman–Crippen MR) is 145 cm³/mol. The summed E-state index contributed by atoms with van der Waals surface area (Å²) < 4.78 is 79.8. The third kappa shape index (κ3) is 5.42. The first kappa shape index (κ1) is 29.1. The van der Waals surface area contributed by atoms with Crippen LogP contribution in [0.25, 0.3) is 22.3 Å². The van der Waals surface area contributed by atoms with Crippen LogP contribution in [-0.2, 0) is 9.84 Å². The van der Waals surface area contributed by atoms with E-state index in [9.17, 15) is 22.0 Å². The first-order valence-electron chi connectivity index (χ1n) is 12.3. The highest BCUT2D eigenvalue weighted by atomic mass is 32.2. The van der Waals surface area contributed by atoms with Gasteiger partial charge < -0.3 is 9.47 Å². The number of aromatic nitrogens is 4. The van der Waals surface area contributed by atoms with Gasteiger partial charge in [-0.1, -0.05) is 24.3 Å². The molecule has 13 heteroatoms. The molecule has 0 aliphatic heterocycles. The summed E-state index contributed by atoms with van der Waals surface area (Å²) in [5.74, 6) is -0.348. The van der Waals surface area contributed by atoms with E-state index in [-0.39, 0.29) is 35.1 Å². The van der Waals surface area contributed by atoms with Crippen molar-refractivity contribution in [3.63, 3.8) is 0 Å². The standard InChI is InChI=1S/C27H29F3N4O5S/c1-6-39-26-21(38-4)12-11-19(32-26)20(14-40(5,36)37)33-25-22(34(27(33)35)24(30)23(28)29)16(3)18(13-31-25)17-10-8-7-9-15(17)2/h7-13,20,23-24H,6,14H2,1-5H3.